The first kappa shape index (κ1) is 17.0. The number of nitrogens with one attached hydrogen (secondary N) is 1. The molecule has 2 rings (SSSR count). The van der Waals surface area contributed by atoms with Gasteiger partial charge in [-0.05, 0) is 19.9 Å². The topological polar surface area (TPSA) is 95.9 Å². The Kier molecular flexibility index (Phi) is 5.33. The van der Waals surface area contributed by atoms with Gasteiger partial charge >= 0.3 is 11.9 Å². The first-order chi connectivity index (χ1) is 10.9. The summed E-state index contributed by atoms with van der Waals surface area (Å²) in [5, 5.41) is 11.2. The average Bonchev–Trinajstić information content (AvgIpc) is 3.34. The molecule has 0 bridgehead atoms. The summed E-state index contributed by atoms with van der Waals surface area (Å²) < 4.78 is 5.42. The Morgan fingerprint density at radius 3 is 2.35 bits per heavy atom. The van der Waals surface area contributed by atoms with E-state index in [1.165, 1.54) is 0 Å². The number of nitrogens with zero attached hydrogens (tertiary/aromatic N) is 1. The Bertz CT molecular complexity index is 585. The summed E-state index contributed by atoms with van der Waals surface area (Å²) >= 11 is 0. The van der Waals surface area contributed by atoms with Gasteiger partial charge in [0.1, 0.15) is 0 Å². The normalized spacial score (nSPS) is 16.5. The highest BCUT2D eigenvalue weighted by Crippen LogP contribution is 2.33. The van der Waals surface area contributed by atoms with Crippen LogP contribution in [0.1, 0.15) is 31.6 Å². The summed E-state index contributed by atoms with van der Waals surface area (Å²) in [6, 6.07) is 7.69. The summed E-state index contributed by atoms with van der Waals surface area (Å²) in [4.78, 5) is 36.4. The minimum absolute atomic E-state index is 0.303. The zero-order chi connectivity index (χ0) is 17.0. The van der Waals surface area contributed by atoms with Gasteiger partial charge in [-0.1, -0.05) is 30.3 Å². The van der Waals surface area contributed by atoms with E-state index in [2.05, 4.69) is 5.32 Å². The lowest BCUT2D eigenvalue weighted by molar-refractivity contribution is -0.168. The maximum atomic E-state index is 12.2. The lowest BCUT2D eigenvalue weighted by Crippen LogP contribution is -2.47. The van der Waals surface area contributed by atoms with Crippen molar-refractivity contribution in [2.75, 3.05) is 7.05 Å². The number of carbonyl (C=O) groups is 3. The molecule has 0 saturated heterocycles. The number of rotatable bonds is 7. The molecule has 2 atom stereocenters. The molecule has 23 heavy (non-hydrogen) atoms. The molecule has 1 aromatic rings. The summed E-state index contributed by atoms with van der Waals surface area (Å²) in [7, 11) is 1.83. The molecule has 7 heteroatoms. The lowest BCUT2D eigenvalue weighted by atomic mass is 10.2. The van der Waals surface area contributed by atoms with E-state index in [4.69, 9.17) is 9.84 Å². The van der Waals surface area contributed by atoms with Gasteiger partial charge in [0.2, 0.25) is 11.9 Å². The van der Waals surface area contributed by atoms with Crippen LogP contribution in [0.2, 0.25) is 0 Å². The summed E-state index contributed by atoms with van der Waals surface area (Å²) in [5.74, 6) is -3.05. The van der Waals surface area contributed by atoms with E-state index < -0.39 is 30.1 Å². The maximum absolute atomic E-state index is 12.2. The minimum Gasteiger partial charge on any atom is -0.479 e. The second-order valence-electron chi connectivity index (χ2n) is 5.57. The summed E-state index contributed by atoms with van der Waals surface area (Å²) in [6.07, 6.45) is 1.32. The number of esters is 1. The molecule has 1 saturated carbocycles. The molecule has 0 aromatic heterocycles. The van der Waals surface area contributed by atoms with E-state index in [0.717, 1.165) is 25.3 Å². The van der Waals surface area contributed by atoms with Crippen LogP contribution in [0.25, 0.3) is 0 Å². The van der Waals surface area contributed by atoms with Crippen LogP contribution in [0.4, 0.5) is 0 Å². The predicted octanol–water partition coefficient (Wildman–Crippen LogP) is 0.912. The Hall–Kier alpha value is -2.41. The molecular weight excluding hydrogens is 300 g/mol. The van der Waals surface area contributed by atoms with E-state index >= 15 is 0 Å². The second kappa shape index (κ2) is 7.23. The quantitative estimate of drug-likeness (QED) is 0.440. The van der Waals surface area contributed by atoms with Crippen molar-refractivity contribution in [2.45, 2.75) is 38.1 Å². The SMILES string of the molecule is CC(=O)NC(C(=O)O)C(=O)OC(c1ccccc1)N(C)C1CC1. The molecule has 1 aromatic carbocycles. The van der Waals surface area contributed by atoms with Gasteiger partial charge in [0.15, 0.2) is 6.23 Å². The standard InChI is InChI=1S/C16H20N2O5/c1-10(19)17-13(15(20)21)16(22)23-14(18(2)12-8-9-12)11-6-4-3-5-7-11/h3-7,12-14H,8-9H2,1-2H3,(H,17,19)(H,20,21). The van der Waals surface area contributed by atoms with E-state index in [-0.39, 0.29) is 0 Å². The van der Waals surface area contributed by atoms with Crippen molar-refractivity contribution in [3.63, 3.8) is 0 Å². The molecule has 0 heterocycles. The molecule has 2 unspecified atom stereocenters. The number of benzene rings is 1. The third-order valence-electron chi connectivity index (χ3n) is 3.64. The van der Waals surface area contributed by atoms with Crippen LogP contribution in [0.15, 0.2) is 30.3 Å². The molecular formula is C16H20N2O5. The van der Waals surface area contributed by atoms with Crippen LogP contribution in [-0.2, 0) is 19.1 Å². The largest absolute Gasteiger partial charge is 0.479 e. The van der Waals surface area contributed by atoms with Crippen LogP contribution < -0.4 is 5.32 Å². The Balaban J connectivity index is 2.17. The van der Waals surface area contributed by atoms with Gasteiger partial charge in [-0.15, -0.1) is 0 Å². The Morgan fingerprint density at radius 2 is 1.87 bits per heavy atom. The molecule has 0 spiro atoms. The third kappa shape index (κ3) is 4.53. The van der Waals surface area contributed by atoms with Gasteiger partial charge in [-0.3, -0.25) is 9.69 Å². The molecule has 7 nitrogen and oxygen atoms in total. The molecule has 1 fully saturated rings. The van der Waals surface area contributed by atoms with Crippen LogP contribution in [0.5, 0.6) is 0 Å². The zero-order valence-electron chi connectivity index (χ0n) is 13.1. The van der Waals surface area contributed by atoms with Crippen molar-refractivity contribution >= 4 is 17.8 Å². The highest BCUT2D eigenvalue weighted by molar-refractivity contribution is 6.01. The van der Waals surface area contributed by atoms with Gasteiger partial charge < -0.3 is 15.2 Å². The van der Waals surface area contributed by atoms with Crippen molar-refractivity contribution in [2.24, 2.45) is 0 Å². The molecule has 1 amide bonds. The van der Waals surface area contributed by atoms with Gasteiger partial charge in [0.05, 0.1) is 0 Å². The second-order valence-corrected chi connectivity index (χ2v) is 5.57. The van der Waals surface area contributed by atoms with Crippen molar-refractivity contribution in [3.05, 3.63) is 35.9 Å². The molecule has 1 aliphatic carbocycles. The number of aliphatic carboxylic acids is 1. The highest BCUT2D eigenvalue weighted by atomic mass is 16.6. The number of carboxylic acids is 1. The fourth-order valence-corrected chi connectivity index (χ4v) is 2.28. The smallest absolute Gasteiger partial charge is 0.342 e. The van der Waals surface area contributed by atoms with E-state index in [1.807, 2.05) is 42.3 Å². The van der Waals surface area contributed by atoms with E-state index in [1.54, 1.807) is 0 Å². The molecule has 124 valence electrons. The fraction of sp³-hybridized carbons (Fsp3) is 0.438. The van der Waals surface area contributed by atoms with Crippen molar-refractivity contribution in [3.8, 4) is 0 Å². The predicted molar refractivity (Wildman–Crippen MR) is 81.3 cm³/mol. The number of amides is 1. The first-order valence-electron chi connectivity index (χ1n) is 7.37. The Labute approximate surface area is 134 Å². The summed E-state index contributed by atoms with van der Waals surface area (Å²) in [5.41, 5.74) is 0.752. The fourth-order valence-electron chi connectivity index (χ4n) is 2.28. The van der Waals surface area contributed by atoms with Crippen LogP contribution in [-0.4, -0.2) is 47.0 Å². The van der Waals surface area contributed by atoms with Crippen LogP contribution in [0, 0.1) is 0 Å². The van der Waals surface area contributed by atoms with Gasteiger partial charge in [-0.25, -0.2) is 9.59 Å². The van der Waals surface area contributed by atoms with Crippen molar-refractivity contribution in [1.29, 1.82) is 0 Å². The molecule has 0 aliphatic heterocycles. The summed E-state index contributed by atoms with van der Waals surface area (Å²) in [6.45, 7) is 1.15. The molecule has 2 N–H and O–H groups in total. The average molecular weight is 320 g/mol. The number of hydrogen-bond acceptors (Lipinski definition) is 5. The number of carboxylic acid groups (broad SMARTS) is 1. The van der Waals surface area contributed by atoms with Crippen molar-refractivity contribution < 1.29 is 24.2 Å². The van der Waals surface area contributed by atoms with Gasteiger partial charge in [-0.2, -0.15) is 0 Å². The highest BCUT2D eigenvalue weighted by Gasteiger charge is 2.37. The zero-order valence-corrected chi connectivity index (χ0v) is 13.1. The number of hydrogen-bond donors (Lipinski definition) is 2. The van der Waals surface area contributed by atoms with Crippen LogP contribution >= 0.6 is 0 Å². The third-order valence-corrected chi connectivity index (χ3v) is 3.64. The first-order valence-corrected chi connectivity index (χ1v) is 7.37. The molecule has 1 aliphatic rings. The number of ether oxygens (including phenoxy) is 1. The minimum atomic E-state index is -1.72. The Morgan fingerprint density at radius 1 is 1.26 bits per heavy atom. The van der Waals surface area contributed by atoms with E-state index in [9.17, 15) is 14.4 Å². The maximum Gasteiger partial charge on any atom is 0.342 e. The van der Waals surface area contributed by atoms with Gasteiger partial charge in [0.25, 0.3) is 0 Å². The molecule has 0 radical (unpaired) electrons. The van der Waals surface area contributed by atoms with Gasteiger partial charge in [0, 0.05) is 18.5 Å². The lowest BCUT2D eigenvalue weighted by Gasteiger charge is -2.29. The van der Waals surface area contributed by atoms with E-state index in [0.29, 0.717) is 6.04 Å². The number of carbonyl (C=O) groups excluding carboxylic acids is 2. The monoisotopic (exact) mass is 320 g/mol. The van der Waals surface area contributed by atoms with Crippen molar-refractivity contribution in [1.82, 2.24) is 10.2 Å². The van der Waals surface area contributed by atoms with Crippen LogP contribution in [0.3, 0.4) is 0 Å².